The minimum absolute atomic E-state index is 0.0951. The van der Waals surface area contributed by atoms with Crippen molar-refractivity contribution in [1.29, 1.82) is 0 Å². The minimum Gasteiger partial charge on any atom is -0.370 e. The Hall–Kier alpha value is -2.20. The highest BCUT2D eigenvalue weighted by Gasteiger charge is 2.17. The van der Waals surface area contributed by atoms with E-state index in [9.17, 15) is 12.8 Å². The zero-order valence-corrected chi connectivity index (χ0v) is 10.8. The Labute approximate surface area is 109 Å². The maximum atomic E-state index is 13.4. The first kappa shape index (κ1) is 14.9. The lowest BCUT2D eigenvalue weighted by molar-refractivity contribution is 0.561. The number of hydrogen-bond donors (Lipinski definition) is 4. The van der Waals surface area contributed by atoms with Gasteiger partial charge >= 0.3 is 0 Å². The number of aliphatic imine (C=N–C) groups is 2. The molecule has 0 fully saturated rings. The average Bonchev–Trinajstić information content (AvgIpc) is 2.30. The zero-order valence-electron chi connectivity index (χ0n) is 9.96. The molecule has 0 unspecified atom stereocenters. The van der Waals surface area contributed by atoms with Gasteiger partial charge in [0, 0.05) is 0 Å². The number of hydrogen-bond acceptors (Lipinski definition) is 3. The average molecular weight is 288 g/mol. The molecular formula is C9H13FN6O2S. The van der Waals surface area contributed by atoms with Crippen molar-refractivity contribution in [3.63, 3.8) is 0 Å². The van der Waals surface area contributed by atoms with Gasteiger partial charge in [0.1, 0.15) is 10.7 Å². The van der Waals surface area contributed by atoms with Crippen LogP contribution >= 0.6 is 0 Å². The second kappa shape index (κ2) is 5.63. The number of rotatable bonds is 3. The fourth-order valence-electron chi connectivity index (χ4n) is 1.17. The second-order valence-electron chi connectivity index (χ2n) is 3.33. The van der Waals surface area contributed by atoms with Crippen LogP contribution in [0.4, 0.5) is 10.1 Å². The van der Waals surface area contributed by atoms with Crippen LogP contribution < -0.4 is 21.9 Å². The van der Waals surface area contributed by atoms with Crippen molar-refractivity contribution in [1.82, 2.24) is 4.72 Å². The topological polar surface area (TPSA) is 149 Å². The Kier molecular flexibility index (Phi) is 4.40. The monoisotopic (exact) mass is 288 g/mol. The van der Waals surface area contributed by atoms with Crippen LogP contribution in [0.5, 0.6) is 0 Å². The van der Waals surface area contributed by atoms with Gasteiger partial charge < -0.3 is 17.2 Å². The molecule has 1 rings (SSSR count). The highest BCUT2D eigenvalue weighted by Crippen LogP contribution is 2.21. The summed E-state index contributed by atoms with van der Waals surface area (Å²) in [6.07, 6.45) is 0. The van der Waals surface area contributed by atoms with Gasteiger partial charge in [-0.25, -0.2) is 22.5 Å². The third-order valence-electron chi connectivity index (χ3n) is 1.96. The molecule has 0 aliphatic heterocycles. The molecule has 0 bridgehead atoms. The predicted molar refractivity (Wildman–Crippen MR) is 69.7 cm³/mol. The highest BCUT2D eigenvalue weighted by molar-refractivity contribution is 7.89. The molecule has 7 N–H and O–H groups in total. The van der Waals surface area contributed by atoms with Gasteiger partial charge in [0.25, 0.3) is 0 Å². The van der Waals surface area contributed by atoms with Crippen LogP contribution in [0.3, 0.4) is 0 Å². The lowest BCUT2D eigenvalue weighted by atomic mass is 10.3. The van der Waals surface area contributed by atoms with Crippen LogP contribution in [-0.4, -0.2) is 27.4 Å². The molecule has 0 saturated heterocycles. The number of benzene rings is 1. The third-order valence-corrected chi connectivity index (χ3v) is 3.39. The van der Waals surface area contributed by atoms with Crippen LogP contribution in [0.2, 0.25) is 0 Å². The largest absolute Gasteiger partial charge is 0.370 e. The summed E-state index contributed by atoms with van der Waals surface area (Å²) in [5, 5.41) is 0. The Morgan fingerprint density at radius 2 is 1.95 bits per heavy atom. The lowest BCUT2D eigenvalue weighted by Crippen LogP contribution is -2.26. The van der Waals surface area contributed by atoms with Crippen LogP contribution in [0.15, 0.2) is 33.1 Å². The molecule has 0 aliphatic carbocycles. The Balaban J connectivity index is 3.29. The van der Waals surface area contributed by atoms with E-state index in [2.05, 4.69) is 9.98 Å². The van der Waals surface area contributed by atoms with Crippen molar-refractivity contribution in [2.24, 2.45) is 27.2 Å². The predicted octanol–water partition coefficient (Wildman–Crippen LogP) is -1.05. The molecule has 0 aliphatic rings. The van der Waals surface area contributed by atoms with Crippen molar-refractivity contribution in [2.45, 2.75) is 4.90 Å². The fourth-order valence-corrected chi connectivity index (χ4v) is 1.99. The molecule has 0 heterocycles. The van der Waals surface area contributed by atoms with Gasteiger partial charge in [-0.15, -0.1) is 0 Å². The molecule has 1 aromatic rings. The first-order valence-corrected chi connectivity index (χ1v) is 6.41. The summed E-state index contributed by atoms with van der Waals surface area (Å²) in [4.78, 5) is 6.64. The van der Waals surface area contributed by atoms with E-state index in [1.54, 1.807) is 0 Å². The van der Waals surface area contributed by atoms with E-state index in [0.29, 0.717) is 0 Å². The van der Waals surface area contributed by atoms with Gasteiger partial charge in [-0.3, -0.25) is 0 Å². The number of sulfonamides is 1. The molecule has 0 saturated carbocycles. The summed E-state index contributed by atoms with van der Waals surface area (Å²) in [6, 6.07) is 3.20. The molecular weight excluding hydrogens is 275 g/mol. The van der Waals surface area contributed by atoms with Gasteiger partial charge in [0.15, 0.2) is 5.96 Å². The van der Waals surface area contributed by atoms with Crippen LogP contribution in [0.25, 0.3) is 0 Å². The van der Waals surface area contributed by atoms with E-state index in [1.807, 2.05) is 4.72 Å². The molecule has 0 atom stereocenters. The SMILES string of the molecule is CNS(=O)(=O)c1cc(N=C(N)N=C(N)N)ccc1F. The maximum absolute atomic E-state index is 13.4. The molecule has 19 heavy (non-hydrogen) atoms. The normalized spacial score (nSPS) is 12.2. The van der Waals surface area contributed by atoms with E-state index < -0.39 is 20.7 Å². The van der Waals surface area contributed by atoms with Crippen molar-refractivity contribution >= 4 is 27.6 Å². The zero-order chi connectivity index (χ0) is 14.6. The molecule has 0 aromatic heterocycles. The first-order chi connectivity index (χ1) is 8.76. The summed E-state index contributed by atoms with van der Waals surface area (Å²) in [5.74, 6) is -1.49. The van der Waals surface area contributed by atoms with Gasteiger partial charge in [-0.1, -0.05) is 0 Å². The van der Waals surface area contributed by atoms with Crippen LogP contribution in [-0.2, 0) is 10.0 Å². The van der Waals surface area contributed by atoms with Crippen LogP contribution in [0, 0.1) is 5.82 Å². The van der Waals surface area contributed by atoms with Crippen LogP contribution in [0.1, 0.15) is 0 Å². The second-order valence-corrected chi connectivity index (χ2v) is 5.18. The van der Waals surface area contributed by atoms with E-state index >= 15 is 0 Å². The quantitative estimate of drug-likeness (QED) is 0.413. The number of halogens is 1. The number of nitrogens with zero attached hydrogens (tertiary/aromatic N) is 2. The Morgan fingerprint density at radius 1 is 1.32 bits per heavy atom. The summed E-state index contributed by atoms with van der Waals surface area (Å²) < 4.78 is 38.5. The third kappa shape index (κ3) is 3.89. The van der Waals surface area contributed by atoms with Crippen molar-refractivity contribution < 1.29 is 12.8 Å². The number of nitrogens with two attached hydrogens (primary N) is 3. The Bertz CT molecular complexity index is 636. The molecule has 104 valence electrons. The van der Waals surface area contributed by atoms with E-state index in [1.165, 1.54) is 13.1 Å². The Morgan fingerprint density at radius 3 is 2.47 bits per heavy atom. The maximum Gasteiger partial charge on any atom is 0.243 e. The lowest BCUT2D eigenvalue weighted by Gasteiger charge is -2.05. The van der Waals surface area contributed by atoms with Gasteiger partial charge in [-0.05, 0) is 25.2 Å². The van der Waals surface area contributed by atoms with Gasteiger partial charge in [0.05, 0.1) is 5.69 Å². The smallest absolute Gasteiger partial charge is 0.243 e. The van der Waals surface area contributed by atoms with E-state index in [0.717, 1.165) is 12.1 Å². The van der Waals surface area contributed by atoms with Gasteiger partial charge in [-0.2, -0.15) is 4.99 Å². The fraction of sp³-hybridized carbons (Fsp3) is 0.111. The van der Waals surface area contributed by atoms with Gasteiger partial charge in [0.2, 0.25) is 16.0 Å². The van der Waals surface area contributed by atoms with E-state index in [4.69, 9.17) is 17.2 Å². The standard InChI is InChI=1S/C9H13FN6O2S/c1-14-19(17,18)7-4-5(2-3-6(7)10)15-9(13)16-8(11)12/h2-4,14H,1H3,(H6,11,12,13,15,16). The summed E-state index contributed by atoms with van der Waals surface area (Å²) in [6.45, 7) is 0. The minimum atomic E-state index is -3.93. The highest BCUT2D eigenvalue weighted by atomic mass is 32.2. The molecule has 0 amide bonds. The van der Waals surface area contributed by atoms with E-state index in [-0.39, 0.29) is 17.6 Å². The summed E-state index contributed by atoms with van der Waals surface area (Å²) in [5.41, 5.74) is 15.7. The number of guanidine groups is 2. The molecule has 0 spiro atoms. The molecule has 1 aromatic carbocycles. The number of nitrogens with one attached hydrogen (secondary N) is 1. The first-order valence-electron chi connectivity index (χ1n) is 4.93. The molecule has 10 heteroatoms. The molecule has 0 radical (unpaired) electrons. The van der Waals surface area contributed by atoms with Crippen molar-refractivity contribution in [3.8, 4) is 0 Å². The van der Waals surface area contributed by atoms with Crippen molar-refractivity contribution in [2.75, 3.05) is 7.05 Å². The van der Waals surface area contributed by atoms with Crippen molar-refractivity contribution in [3.05, 3.63) is 24.0 Å². The molecule has 8 nitrogen and oxygen atoms in total. The summed E-state index contributed by atoms with van der Waals surface area (Å²) in [7, 11) is -2.77. The summed E-state index contributed by atoms with van der Waals surface area (Å²) >= 11 is 0.